The van der Waals surface area contributed by atoms with Gasteiger partial charge in [0.2, 0.25) is 0 Å². The SMILES string of the molecule is CC(C)C(CNc1cc(F)c(Cl)cc1[N+](=O)[O-])C(=O)O. The molecule has 0 aliphatic carbocycles. The Morgan fingerprint density at radius 3 is 2.60 bits per heavy atom. The number of hydrogen-bond acceptors (Lipinski definition) is 4. The lowest BCUT2D eigenvalue weighted by atomic mass is 9.96. The first kappa shape index (κ1) is 16.2. The maximum Gasteiger partial charge on any atom is 0.308 e. The molecule has 0 bridgehead atoms. The van der Waals surface area contributed by atoms with Gasteiger partial charge in [0.25, 0.3) is 5.69 Å². The zero-order valence-corrected chi connectivity index (χ0v) is 11.6. The first-order chi connectivity index (χ1) is 9.23. The molecule has 0 radical (unpaired) electrons. The lowest BCUT2D eigenvalue weighted by Crippen LogP contribution is -2.27. The lowest BCUT2D eigenvalue weighted by Gasteiger charge is -2.17. The molecule has 0 aromatic heterocycles. The third-order valence-electron chi connectivity index (χ3n) is 2.87. The molecule has 1 aromatic carbocycles. The molecular weight excluding hydrogens is 291 g/mol. The normalized spacial score (nSPS) is 12.2. The monoisotopic (exact) mass is 304 g/mol. The second kappa shape index (κ2) is 6.51. The van der Waals surface area contributed by atoms with Gasteiger partial charge in [-0.2, -0.15) is 0 Å². The number of carboxylic acid groups (broad SMARTS) is 1. The second-order valence-corrected chi connectivity index (χ2v) is 5.02. The smallest absolute Gasteiger partial charge is 0.308 e. The predicted molar refractivity (Wildman–Crippen MR) is 72.5 cm³/mol. The van der Waals surface area contributed by atoms with Crippen molar-refractivity contribution in [1.29, 1.82) is 0 Å². The van der Waals surface area contributed by atoms with Crippen LogP contribution in [-0.2, 0) is 4.79 Å². The summed E-state index contributed by atoms with van der Waals surface area (Å²) in [6.45, 7) is 3.39. The van der Waals surface area contributed by atoms with Crippen LogP contribution in [0.3, 0.4) is 0 Å². The Morgan fingerprint density at radius 1 is 1.55 bits per heavy atom. The van der Waals surface area contributed by atoms with E-state index in [-0.39, 0.29) is 23.2 Å². The zero-order chi connectivity index (χ0) is 15.4. The maximum atomic E-state index is 13.4. The van der Waals surface area contributed by atoms with Crippen LogP contribution in [0.15, 0.2) is 12.1 Å². The highest BCUT2D eigenvalue weighted by molar-refractivity contribution is 6.31. The summed E-state index contributed by atoms with van der Waals surface area (Å²) in [4.78, 5) is 21.2. The highest BCUT2D eigenvalue weighted by Crippen LogP contribution is 2.30. The van der Waals surface area contributed by atoms with E-state index in [0.717, 1.165) is 12.1 Å². The van der Waals surface area contributed by atoms with Gasteiger partial charge in [0.05, 0.1) is 15.9 Å². The number of nitro groups is 1. The van der Waals surface area contributed by atoms with Crippen LogP contribution in [-0.4, -0.2) is 22.5 Å². The molecule has 110 valence electrons. The third kappa shape index (κ3) is 3.80. The predicted octanol–water partition coefficient (Wildman–Crippen LogP) is 3.16. The van der Waals surface area contributed by atoms with Crippen LogP contribution < -0.4 is 5.32 Å². The Bertz CT molecular complexity index is 536. The van der Waals surface area contributed by atoms with E-state index in [0.29, 0.717) is 0 Å². The summed E-state index contributed by atoms with van der Waals surface area (Å²) in [7, 11) is 0. The van der Waals surface area contributed by atoms with Crippen LogP contribution in [0.2, 0.25) is 5.02 Å². The van der Waals surface area contributed by atoms with Crippen LogP contribution >= 0.6 is 11.6 Å². The molecule has 0 saturated heterocycles. The number of halogens is 2. The van der Waals surface area contributed by atoms with Gasteiger partial charge in [0.15, 0.2) is 0 Å². The summed E-state index contributed by atoms with van der Waals surface area (Å²) in [6.07, 6.45) is 0. The van der Waals surface area contributed by atoms with Gasteiger partial charge in [0.1, 0.15) is 11.5 Å². The summed E-state index contributed by atoms with van der Waals surface area (Å²) < 4.78 is 13.4. The standard InChI is InChI=1S/C12H14ClFN2O4/c1-6(2)7(12(17)18)5-15-10-4-9(14)8(13)3-11(10)16(19)20/h3-4,6-7,15H,5H2,1-2H3,(H,17,18). The third-order valence-corrected chi connectivity index (χ3v) is 3.16. The van der Waals surface area contributed by atoms with Crippen LogP contribution in [0.25, 0.3) is 0 Å². The minimum absolute atomic E-state index is 0.0467. The van der Waals surface area contributed by atoms with Crippen LogP contribution in [0, 0.1) is 27.8 Å². The van der Waals surface area contributed by atoms with Gasteiger partial charge in [-0.1, -0.05) is 25.4 Å². The largest absolute Gasteiger partial charge is 0.481 e. The molecule has 0 aliphatic rings. The van der Waals surface area contributed by atoms with Gasteiger partial charge in [0, 0.05) is 18.7 Å². The number of anilines is 1. The van der Waals surface area contributed by atoms with Gasteiger partial charge in [-0.15, -0.1) is 0 Å². The summed E-state index contributed by atoms with van der Waals surface area (Å²) in [5.41, 5.74) is -0.493. The van der Waals surface area contributed by atoms with Gasteiger partial charge in [-0.05, 0) is 5.92 Å². The van der Waals surface area contributed by atoms with Crippen molar-refractivity contribution in [3.8, 4) is 0 Å². The summed E-state index contributed by atoms with van der Waals surface area (Å²) in [5, 5.41) is 22.1. The van der Waals surface area contributed by atoms with Gasteiger partial charge in [-0.3, -0.25) is 14.9 Å². The van der Waals surface area contributed by atoms with Gasteiger partial charge in [-0.25, -0.2) is 4.39 Å². The number of nitrogens with zero attached hydrogens (tertiary/aromatic N) is 1. The minimum Gasteiger partial charge on any atom is -0.481 e. The molecule has 1 unspecified atom stereocenters. The average molecular weight is 305 g/mol. The molecule has 2 N–H and O–H groups in total. The van der Waals surface area contributed by atoms with Crippen molar-refractivity contribution in [2.75, 3.05) is 11.9 Å². The zero-order valence-electron chi connectivity index (χ0n) is 10.9. The summed E-state index contributed by atoms with van der Waals surface area (Å²) in [6, 6.07) is 1.78. The van der Waals surface area contributed by atoms with E-state index in [2.05, 4.69) is 5.32 Å². The van der Waals surface area contributed by atoms with Gasteiger partial charge >= 0.3 is 5.97 Å². The number of carbonyl (C=O) groups is 1. The van der Waals surface area contributed by atoms with Crippen LogP contribution in [0.5, 0.6) is 0 Å². The molecular formula is C12H14ClFN2O4. The van der Waals surface area contributed by atoms with Crippen molar-refractivity contribution in [2.24, 2.45) is 11.8 Å². The molecule has 20 heavy (non-hydrogen) atoms. The van der Waals surface area contributed by atoms with Crippen LogP contribution in [0.4, 0.5) is 15.8 Å². The molecule has 0 amide bonds. The number of nitrogens with one attached hydrogen (secondary N) is 1. The fourth-order valence-electron chi connectivity index (χ4n) is 1.66. The number of carboxylic acids is 1. The molecule has 1 atom stereocenters. The van der Waals surface area contributed by atoms with Crippen molar-refractivity contribution in [3.05, 3.63) is 33.1 Å². The van der Waals surface area contributed by atoms with Crippen molar-refractivity contribution in [2.45, 2.75) is 13.8 Å². The highest BCUT2D eigenvalue weighted by Gasteiger charge is 2.23. The van der Waals surface area contributed by atoms with E-state index in [9.17, 15) is 19.3 Å². The number of aliphatic carboxylic acids is 1. The maximum absolute atomic E-state index is 13.4. The molecule has 0 heterocycles. The first-order valence-corrected chi connectivity index (χ1v) is 6.22. The Hall–Kier alpha value is -1.89. The molecule has 6 nitrogen and oxygen atoms in total. The summed E-state index contributed by atoms with van der Waals surface area (Å²) >= 11 is 5.49. The Morgan fingerprint density at radius 2 is 2.15 bits per heavy atom. The Labute approximate surface area is 119 Å². The van der Waals surface area contributed by atoms with E-state index < -0.39 is 28.3 Å². The minimum atomic E-state index is -1.02. The summed E-state index contributed by atoms with van der Waals surface area (Å²) in [5.74, 6) is -2.75. The first-order valence-electron chi connectivity index (χ1n) is 5.84. The molecule has 8 heteroatoms. The van der Waals surface area contributed by atoms with E-state index >= 15 is 0 Å². The second-order valence-electron chi connectivity index (χ2n) is 4.61. The van der Waals surface area contributed by atoms with Gasteiger partial charge < -0.3 is 10.4 Å². The molecule has 0 spiro atoms. The molecule has 1 rings (SSSR count). The lowest BCUT2D eigenvalue weighted by molar-refractivity contribution is -0.384. The fourth-order valence-corrected chi connectivity index (χ4v) is 1.81. The number of hydrogen-bond donors (Lipinski definition) is 2. The molecule has 0 aliphatic heterocycles. The van der Waals surface area contributed by atoms with Crippen molar-refractivity contribution >= 4 is 28.9 Å². The average Bonchev–Trinajstić information content (AvgIpc) is 2.32. The van der Waals surface area contributed by atoms with Crippen molar-refractivity contribution in [1.82, 2.24) is 0 Å². The molecule has 1 aromatic rings. The van der Waals surface area contributed by atoms with E-state index in [4.69, 9.17) is 16.7 Å². The molecule has 0 fully saturated rings. The Kier molecular flexibility index (Phi) is 5.26. The molecule has 0 saturated carbocycles. The van der Waals surface area contributed by atoms with Crippen molar-refractivity contribution in [3.63, 3.8) is 0 Å². The number of nitro benzene ring substituents is 1. The number of benzene rings is 1. The van der Waals surface area contributed by atoms with Crippen LogP contribution in [0.1, 0.15) is 13.8 Å². The quantitative estimate of drug-likeness (QED) is 0.622. The van der Waals surface area contributed by atoms with E-state index in [1.165, 1.54) is 0 Å². The Balaban J connectivity index is 3.00. The van der Waals surface area contributed by atoms with E-state index in [1.54, 1.807) is 13.8 Å². The van der Waals surface area contributed by atoms with E-state index in [1.807, 2.05) is 0 Å². The van der Waals surface area contributed by atoms with Crippen molar-refractivity contribution < 1.29 is 19.2 Å². The fraction of sp³-hybridized carbons (Fsp3) is 0.417. The highest BCUT2D eigenvalue weighted by atomic mass is 35.5. The number of rotatable bonds is 6. The topological polar surface area (TPSA) is 92.5 Å².